The van der Waals surface area contributed by atoms with Gasteiger partial charge in [0.25, 0.3) is 0 Å². The van der Waals surface area contributed by atoms with Gasteiger partial charge in [0.1, 0.15) is 0 Å². The average Bonchev–Trinajstić information content (AvgIpc) is 2.85. The predicted molar refractivity (Wildman–Crippen MR) is 132 cm³/mol. The number of ketones is 1. The van der Waals surface area contributed by atoms with Gasteiger partial charge in [-0.15, -0.1) is 0 Å². The van der Waals surface area contributed by atoms with Gasteiger partial charge in [-0.25, -0.2) is 0 Å². The number of rotatable bonds is 6. The van der Waals surface area contributed by atoms with Gasteiger partial charge in [0.2, 0.25) is 0 Å². The van der Waals surface area contributed by atoms with Crippen molar-refractivity contribution in [2.24, 2.45) is 5.92 Å². The Morgan fingerprint density at radius 3 is 1.43 bits per heavy atom. The van der Waals surface area contributed by atoms with Crippen LogP contribution in [0.1, 0.15) is 32.1 Å². The van der Waals surface area contributed by atoms with Gasteiger partial charge in [0, 0.05) is 0 Å². The van der Waals surface area contributed by atoms with Gasteiger partial charge in [-0.1, -0.05) is 0 Å². The minimum absolute atomic E-state index is 0.0163. The van der Waals surface area contributed by atoms with E-state index in [2.05, 4.69) is 43.0 Å². The van der Waals surface area contributed by atoms with E-state index in [1.54, 1.807) is 0 Å². The third-order valence-corrected chi connectivity index (χ3v) is 13.9. The molecule has 1 aliphatic rings. The van der Waals surface area contributed by atoms with Gasteiger partial charge in [-0.3, -0.25) is 0 Å². The molecule has 1 saturated carbocycles. The third kappa shape index (κ3) is 3.25. The maximum absolute atomic E-state index is 13.9. The SMILES string of the molecule is C=C(C(=O)C1CCCCC1)P(Cl)(c1ccccc1)(c1ccccc1)c1ccccc1. The molecule has 0 unspecified atom stereocenters. The Morgan fingerprint density at radius 1 is 0.700 bits per heavy atom. The van der Waals surface area contributed by atoms with Crippen LogP contribution in [0.5, 0.6) is 0 Å². The number of Topliss-reactive ketones (excluding diaryl/α,β-unsaturated/α-hetero) is 1. The summed E-state index contributed by atoms with van der Waals surface area (Å²) < 4.78 is 0. The molecule has 4 rings (SSSR count). The molecule has 0 heterocycles. The topological polar surface area (TPSA) is 17.1 Å². The first-order chi connectivity index (χ1) is 14.6. The zero-order valence-corrected chi connectivity index (χ0v) is 18.9. The molecule has 0 amide bonds. The van der Waals surface area contributed by atoms with Gasteiger partial charge in [-0.2, -0.15) is 0 Å². The fraction of sp³-hybridized carbons (Fsp3) is 0.222. The molecule has 3 heteroatoms. The Hall–Kier alpha value is -2.21. The summed E-state index contributed by atoms with van der Waals surface area (Å²) in [5.74, 6) is -3.61. The van der Waals surface area contributed by atoms with Crippen molar-refractivity contribution in [3.05, 3.63) is 103 Å². The number of allylic oxidation sites excluding steroid dienone is 1. The van der Waals surface area contributed by atoms with Crippen LogP contribution >= 0.6 is 17.2 Å². The van der Waals surface area contributed by atoms with E-state index in [9.17, 15) is 4.79 Å². The van der Waals surface area contributed by atoms with E-state index in [1.807, 2.05) is 54.6 Å². The molecule has 0 aliphatic heterocycles. The molecule has 0 spiro atoms. The molecule has 154 valence electrons. The first-order valence-electron chi connectivity index (χ1n) is 10.7. The molecule has 1 fully saturated rings. The van der Waals surface area contributed by atoms with Gasteiger partial charge >= 0.3 is 185 Å². The molecule has 1 nitrogen and oxygen atoms in total. The van der Waals surface area contributed by atoms with Crippen molar-refractivity contribution >= 4 is 38.9 Å². The maximum atomic E-state index is 13.9. The van der Waals surface area contributed by atoms with Crippen LogP contribution in [0.3, 0.4) is 0 Å². The fourth-order valence-corrected chi connectivity index (χ4v) is 10.7. The van der Waals surface area contributed by atoms with Crippen LogP contribution in [0.25, 0.3) is 0 Å². The van der Waals surface area contributed by atoms with E-state index in [1.165, 1.54) is 6.42 Å². The molecule has 0 aromatic heterocycles. The van der Waals surface area contributed by atoms with Crippen molar-refractivity contribution < 1.29 is 4.79 Å². The van der Waals surface area contributed by atoms with Gasteiger partial charge in [-0.05, 0) is 0 Å². The van der Waals surface area contributed by atoms with E-state index in [0.29, 0.717) is 5.31 Å². The number of halogens is 1. The quantitative estimate of drug-likeness (QED) is 0.327. The molecule has 3 aromatic rings. The van der Waals surface area contributed by atoms with Crippen molar-refractivity contribution in [2.45, 2.75) is 32.1 Å². The molecule has 0 atom stereocenters. The molecule has 0 radical (unpaired) electrons. The number of hydrogen-bond donors (Lipinski definition) is 0. The Kier molecular flexibility index (Phi) is 5.96. The second-order valence-electron chi connectivity index (χ2n) is 8.16. The Morgan fingerprint density at radius 2 is 1.07 bits per heavy atom. The predicted octanol–water partition coefficient (Wildman–Crippen LogP) is 6.33. The third-order valence-electron chi connectivity index (χ3n) is 6.49. The number of hydrogen-bond acceptors (Lipinski definition) is 1. The normalized spacial score (nSPS) is 16.4. The number of carbonyl (C=O) groups excluding carboxylic acids is 1. The van der Waals surface area contributed by atoms with E-state index in [4.69, 9.17) is 11.2 Å². The standard InChI is InChI=1S/C27H28ClOP/c1-22(27(29)23-14-6-2-7-15-23)30(28,24-16-8-3-9-17-24,25-18-10-4-11-19-25)26-20-12-5-13-21-26/h3-5,8-13,16-21,23H,1-2,6-7,14-15H2. The Bertz CT molecular complexity index is 925. The second-order valence-corrected chi connectivity index (χ2v) is 14.3. The summed E-state index contributed by atoms with van der Waals surface area (Å²) in [7, 11) is 0. The van der Waals surface area contributed by atoms with E-state index in [0.717, 1.165) is 41.6 Å². The van der Waals surface area contributed by atoms with Gasteiger partial charge < -0.3 is 0 Å². The molecule has 3 aromatic carbocycles. The first kappa shape index (κ1) is 21.0. The van der Waals surface area contributed by atoms with Crippen molar-refractivity contribution in [2.75, 3.05) is 0 Å². The summed E-state index contributed by atoms with van der Waals surface area (Å²) in [6.45, 7) is 4.48. The molecule has 0 saturated heterocycles. The van der Waals surface area contributed by atoms with Gasteiger partial charge in [0.05, 0.1) is 0 Å². The zero-order chi connectivity index (χ0) is 21.1. The Labute approximate surface area is 184 Å². The van der Waals surface area contributed by atoms with E-state index < -0.39 is 5.96 Å². The molecular formula is C27H28ClOP. The molecule has 0 N–H and O–H groups in total. The average molecular weight is 435 g/mol. The zero-order valence-electron chi connectivity index (χ0n) is 17.2. The van der Waals surface area contributed by atoms with Crippen LogP contribution < -0.4 is 15.9 Å². The van der Waals surface area contributed by atoms with Crippen LogP contribution in [0, 0.1) is 5.92 Å². The van der Waals surface area contributed by atoms with Crippen molar-refractivity contribution in [1.29, 1.82) is 0 Å². The summed E-state index contributed by atoms with van der Waals surface area (Å²) in [5, 5.41) is 3.48. The summed E-state index contributed by atoms with van der Waals surface area (Å²) in [6, 6.07) is 30.3. The number of benzene rings is 3. The first-order valence-corrected chi connectivity index (χ1v) is 13.8. The molecule has 30 heavy (non-hydrogen) atoms. The van der Waals surface area contributed by atoms with Gasteiger partial charge in [0.15, 0.2) is 0 Å². The fourth-order valence-electron chi connectivity index (χ4n) is 4.85. The summed E-state index contributed by atoms with van der Waals surface area (Å²) in [6.07, 6.45) is 5.27. The monoisotopic (exact) mass is 434 g/mol. The van der Waals surface area contributed by atoms with Crippen LogP contribution in [-0.2, 0) is 4.79 Å². The molecular weight excluding hydrogens is 407 g/mol. The van der Waals surface area contributed by atoms with Crippen LogP contribution in [0.4, 0.5) is 0 Å². The van der Waals surface area contributed by atoms with E-state index in [-0.39, 0.29) is 11.7 Å². The summed E-state index contributed by atoms with van der Waals surface area (Å²) in [5.41, 5.74) is 0. The van der Waals surface area contributed by atoms with Crippen molar-refractivity contribution in [1.82, 2.24) is 0 Å². The summed E-state index contributed by atoms with van der Waals surface area (Å²) >= 11 is 8.05. The van der Waals surface area contributed by atoms with Crippen LogP contribution in [0.15, 0.2) is 103 Å². The molecule has 0 bridgehead atoms. The van der Waals surface area contributed by atoms with Crippen molar-refractivity contribution in [3.63, 3.8) is 0 Å². The second kappa shape index (κ2) is 8.50. The van der Waals surface area contributed by atoms with Crippen LogP contribution in [-0.4, -0.2) is 5.78 Å². The van der Waals surface area contributed by atoms with Crippen molar-refractivity contribution in [3.8, 4) is 0 Å². The number of carbonyl (C=O) groups is 1. The van der Waals surface area contributed by atoms with E-state index >= 15 is 0 Å². The Balaban J connectivity index is 2.03. The van der Waals surface area contributed by atoms with Crippen LogP contribution in [0.2, 0.25) is 0 Å². The molecule has 1 aliphatic carbocycles. The minimum atomic E-state index is -3.77. The summed E-state index contributed by atoms with van der Waals surface area (Å²) in [4.78, 5) is 13.9.